The molecule has 0 radical (unpaired) electrons. The SMILES string of the molecule is CC1(C)OC2(CN=[N+]=[N-])CC1C2. The van der Waals surface area contributed by atoms with Gasteiger partial charge in [-0.2, -0.15) is 0 Å². The van der Waals surface area contributed by atoms with E-state index in [9.17, 15) is 0 Å². The quantitative estimate of drug-likeness (QED) is 0.353. The first-order valence-electron chi connectivity index (χ1n) is 4.29. The summed E-state index contributed by atoms with van der Waals surface area (Å²) in [6.07, 6.45) is 2.14. The van der Waals surface area contributed by atoms with Crippen molar-refractivity contribution >= 4 is 0 Å². The van der Waals surface area contributed by atoms with Crippen molar-refractivity contribution in [2.45, 2.75) is 37.9 Å². The molecular weight excluding hydrogens is 154 g/mol. The molecule has 3 aliphatic rings. The van der Waals surface area contributed by atoms with Gasteiger partial charge >= 0.3 is 0 Å². The summed E-state index contributed by atoms with van der Waals surface area (Å²) in [5.74, 6) is 0.673. The number of ether oxygens (including phenoxy) is 1. The molecule has 2 heterocycles. The van der Waals surface area contributed by atoms with Gasteiger partial charge in [0.05, 0.1) is 17.7 Å². The second-order valence-electron chi connectivity index (χ2n) is 4.38. The number of hydrogen-bond donors (Lipinski definition) is 0. The van der Waals surface area contributed by atoms with E-state index < -0.39 is 0 Å². The fourth-order valence-electron chi connectivity index (χ4n) is 2.38. The Morgan fingerprint density at radius 2 is 2.25 bits per heavy atom. The van der Waals surface area contributed by atoms with Gasteiger partial charge in [0.15, 0.2) is 0 Å². The molecule has 0 aromatic rings. The molecule has 4 heteroatoms. The molecule has 3 rings (SSSR count). The van der Waals surface area contributed by atoms with Crippen LogP contribution in [0, 0.1) is 5.92 Å². The van der Waals surface area contributed by atoms with E-state index in [1.807, 2.05) is 0 Å². The van der Waals surface area contributed by atoms with Gasteiger partial charge in [0.2, 0.25) is 0 Å². The van der Waals surface area contributed by atoms with Gasteiger partial charge in [0, 0.05) is 4.91 Å². The standard InChI is InChI=1S/C8H13N3O/c1-7(2)6-3-8(4-6,12-7)5-10-11-9/h6H,3-5H2,1-2H3. The molecule has 3 fully saturated rings. The van der Waals surface area contributed by atoms with E-state index in [4.69, 9.17) is 10.3 Å². The molecule has 0 aromatic heterocycles. The number of fused-ring (bicyclic) bond motifs is 1. The van der Waals surface area contributed by atoms with Gasteiger partial charge in [-0.3, -0.25) is 0 Å². The molecule has 0 amide bonds. The van der Waals surface area contributed by atoms with Gasteiger partial charge in [-0.05, 0) is 38.1 Å². The molecule has 0 N–H and O–H groups in total. The van der Waals surface area contributed by atoms with Crippen molar-refractivity contribution in [3.05, 3.63) is 10.4 Å². The van der Waals surface area contributed by atoms with Crippen LogP contribution < -0.4 is 0 Å². The van der Waals surface area contributed by atoms with Gasteiger partial charge in [0.1, 0.15) is 0 Å². The van der Waals surface area contributed by atoms with Crippen molar-refractivity contribution in [1.29, 1.82) is 0 Å². The minimum atomic E-state index is -0.0968. The zero-order valence-electron chi connectivity index (χ0n) is 7.45. The maximum atomic E-state index is 8.19. The highest BCUT2D eigenvalue weighted by Gasteiger charge is 2.60. The number of hydrogen-bond acceptors (Lipinski definition) is 2. The Kier molecular flexibility index (Phi) is 1.41. The molecular formula is C8H13N3O. The van der Waals surface area contributed by atoms with Crippen molar-refractivity contribution in [3.8, 4) is 0 Å². The van der Waals surface area contributed by atoms with E-state index in [0.717, 1.165) is 12.8 Å². The molecule has 0 aromatic carbocycles. The van der Waals surface area contributed by atoms with Gasteiger partial charge in [-0.25, -0.2) is 0 Å². The maximum Gasteiger partial charge on any atom is 0.0753 e. The van der Waals surface area contributed by atoms with Crippen molar-refractivity contribution in [2.75, 3.05) is 6.54 Å². The van der Waals surface area contributed by atoms with Crippen molar-refractivity contribution in [2.24, 2.45) is 11.0 Å². The van der Waals surface area contributed by atoms with Crippen molar-refractivity contribution in [3.63, 3.8) is 0 Å². The van der Waals surface area contributed by atoms with Gasteiger partial charge in [-0.1, -0.05) is 5.11 Å². The highest BCUT2D eigenvalue weighted by atomic mass is 16.5. The predicted octanol–water partition coefficient (Wildman–Crippen LogP) is 2.25. The molecule has 4 nitrogen and oxygen atoms in total. The van der Waals surface area contributed by atoms with Crippen molar-refractivity contribution in [1.82, 2.24) is 0 Å². The van der Waals surface area contributed by atoms with Crippen LogP contribution in [0.3, 0.4) is 0 Å². The van der Waals surface area contributed by atoms with E-state index in [2.05, 4.69) is 23.9 Å². The Morgan fingerprint density at radius 1 is 1.58 bits per heavy atom. The Bertz CT molecular complexity index is 249. The van der Waals surface area contributed by atoms with E-state index in [-0.39, 0.29) is 11.2 Å². The smallest absolute Gasteiger partial charge is 0.0753 e. The van der Waals surface area contributed by atoms with Crippen LogP contribution in [0.2, 0.25) is 0 Å². The molecule has 1 aliphatic carbocycles. The minimum absolute atomic E-state index is 0.00494. The van der Waals surface area contributed by atoms with Gasteiger partial charge in [-0.15, -0.1) is 0 Å². The molecule has 0 spiro atoms. The van der Waals surface area contributed by atoms with Crippen LogP contribution in [0.15, 0.2) is 5.11 Å². The molecule has 2 saturated heterocycles. The van der Waals surface area contributed by atoms with Gasteiger partial charge in [0.25, 0.3) is 0 Å². The van der Waals surface area contributed by atoms with Crippen LogP contribution in [-0.4, -0.2) is 17.7 Å². The third kappa shape index (κ3) is 0.919. The summed E-state index contributed by atoms with van der Waals surface area (Å²) in [6.45, 7) is 4.73. The normalized spacial score (nSPS) is 41.7. The predicted molar refractivity (Wildman–Crippen MR) is 44.6 cm³/mol. The maximum absolute atomic E-state index is 8.19. The van der Waals surface area contributed by atoms with E-state index in [1.165, 1.54) is 0 Å². The van der Waals surface area contributed by atoms with Crippen LogP contribution >= 0.6 is 0 Å². The number of rotatable bonds is 2. The van der Waals surface area contributed by atoms with E-state index >= 15 is 0 Å². The van der Waals surface area contributed by atoms with Crippen LogP contribution in [0.1, 0.15) is 26.7 Å². The molecule has 2 aliphatic heterocycles. The fraction of sp³-hybridized carbons (Fsp3) is 1.00. The average molecular weight is 167 g/mol. The Hall–Kier alpha value is -0.730. The molecule has 0 unspecified atom stereocenters. The summed E-state index contributed by atoms with van der Waals surface area (Å²) >= 11 is 0. The molecule has 2 bridgehead atoms. The number of azide groups is 1. The number of nitrogens with zero attached hydrogens (tertiary/aromatic N) is 3. The molecule has 1 saturated carbocycles. The fourth-order valence-corrected chi connectivity index (χ4v) is 2.38. The lowest BCUT2D eigenvalue weighted by Crippen LogP contribution is -2.39. The Morgan fingerprint density at radius 3 is 2.67 bits per heavy atom. The first-order valence-corrected chi connectivity index (χ1v) is 4.29. The molecule has 66 valence electrons. The summed E-state index contributed by atoms with van der Waals surface area (Å²) in [7, 11) is 0. The van der Waals surface area contributed by atoms with E-state index in [0.29, 0.717) is 12.5 Å². The topological polar surface area (TPSA) is 58.0 Å². The summed E-state index contributed by atoms with van der Waals surface area (Å²) in [5.41, 5.74) is 8.10. The first kappa shape index (κ1) is 7.90. The summed E-state index contributed by atoms with van der Waals surface area (Å²) in [6, 6.07) is 0. The Labute approximate surface area is 71.5 Å². The van der Waals surface area contributed by atoms with E-state index in [1.54, 1.807) is 0 Å². The average Bonchev–Trinajstić information content (AvgIpc) is 2.29. The van der Waals surface area contributed by atoms with Crippen molar-refractivity contribution < 1.29 is 4.74 Å². The lowest BCUT2D eigenvalue weighted by atomic mass is 9.69. The summed E-state index contributed by atoms with van der Waals surface area (Å²) in [4.78, 5) is 2.76. The Balaban J connectivity index is 2.06. The van der Waals surface area contributed by atoms with Gasteiger partial charge < -0.3 is 4.74 Å². The highest BCUT2D eigenvalue weighted by Crippen LogP contribution is 2.57. The zero-order valence-corrected chi connectivity index (χ0v) is 7.45. The summed E-state index contributed by atoms with van der Waals surface area (Å²) in [5, 5.41) is 3.58. The zero-order chi connectivity index (χ0) is 8.82. The third-order valence-electron chi connectivity index (χ3n) is 3.12. The highest BCUT2D eigenvalue weighted by molar-refractivity contribution is 5.11. The second-order valence-corrected chi connectivity index (χ2v) is 4.38. The first-order chi connectivity index (χ1) is 5.58. The van der Waals surface area contributed by atoms with Crippen LogP contribution in [0.5, 0.6) is 0 Å². The lowest BCUT2D eigenvalue weighted by molar-refractivity contribution is -0.0487. The monoisotopic (exact) mass is 167 g/mol. The largest absolute Gasteiger partial charge is 0.369 e. The molecule has 12 heavy (non-hydrogen) atoms. The second kappa shape index (κ2) is 2.15. The lowest BCUT2D eigenvalue weighted by Gasteiger charge is -2.34. The summed E-state index contributed by atoms with van der Waals surface area (Å²) < 4.78 is 5.85. The van der Waals surface area contributed by atoms with Crippen LogP contribution in [0.25, 0.3) is 10.4 Å². The van der Waals surface area contributed by atoms with Crippen LogP contribution in [0.4, 0.5) is 0 Å². The third-order valence-corrected chi connectivity index (χ3v) is 3.12. The molecule has 0 atom stereocenters. The van der Waals surface area contributed by atoms with Crippen LogP contribution in [-0.2, 0) is 4.74 Å². The minimum Gasteiger partial charge on any atom is -0.369 e.